The maximum atomic E-state index is 12.4. The molecule has 0 radical (unpaired) electrons. The number of piperidine rings is 1. The Morgan fingerprint density at radius 3 is 2.42 bits per heavy atom. The zero-order valence-electron chi connectivity index (χ0n) is 14.1. The van der Waals surface area contributed by atoms with Crippen molar-refractivity contribution in [3.8, 4) is 0 Å². The lowest BCUT2D eigenvalue weighted by atomic mass is 9.90. The number of hydrogen-bond donors (Lipinski definition) is 2. The Hall–Kier alpha value is -2.08. The van der Waals surface area contributed by atoms with Crippen LogP contribution in [-0.4, -0.2) is 49.7 Å². The second-order valence-corrected chi connectivity index (χ2v) is 6.46. The highest BCUT2D eigenvalue weighted by Crippen LogP contribution is 2.29. The van der Waals surface area contributed by atoms with Crippen molar-refractivity contribution < 1.29 is 14.3 Å². The smallest absolute Gasteiger partial charge is 0.321 e. The normalized spacial score (nSPS) is 21.5. The van der Waals surface area contributed by atoms with Gasteiger partial charge in [-0.3, -0.25) is 4.79 Å². The van der Waals surface area contributed by atoms with Gasteiger partial charge in [-0.05, 0) is 55.9 Å². The zero-order valence-corrected chi connectivity index (χ0v) is 14.1. The third kappa shape index (κ3) is 3.87. The Kier molecular flexibility index (Phi) is 5.35. The highest BCUT2D eigenvalue weighted by molar-refractivity contribution is 5.95. The van der Waals surface area contributed by atoms with E-state index >= 15 is 0 Å². The standard InChI is InChI=1S/C18H25N3O3/c1-19-17(22)14-4-6-15(7-5-14)20-18(23)21-10-8-13(9-11-21)16-3-2-12-24-16/h4-7,13,16H,2-3,8-12H2,1H3,(H,19,22)(H,20,23)/t16-/m0/s1. The van der Waals surface area contributed by atoms with Crippen molar-refractivity contribution in [2.45, 2.75) is 31.8 Å². The van der Waals surface area contributed by atoms with E-state index in [0.29, 0.717) is 23.3 Å². The van der Waals surface area contributed by atoms with E-state index in [4.69, 9.17) is 4.74 Å². The third-order valence-electron chi connectivity index (χ3n) is 4.94. The molecule has 2 saturated heterocycles. The van der Waals surface area contributed by atoms with Crippen LogP contribution in [0.4, 0.5) is 10.5 Å². The molecule has 3 amide bonds. The minimum absolute atomic E-state index is 0.0755. The number of nitrogens with one attached hydrogen (secondary N) is 2. The first-order valence-corrected chi connectivity index (χ1v) is 8.67. The van der Waals surface area contributed by atoms with Crippen LogP contribution in [0.15, 0.2) is 24.3 Å². The van der Waals surface area contributed by atoms with Crippen LogP contribution in [-0.2, 0) is 4.74 Å². The topological polar surface area (TPSA) is 70.7 Å². The van der Waals surface area contributed by atoms with Gasteiger partial charge in [0.25, 0.3) is 5.91 Å². The SMILES string of the molecule is CNC(=O)c1ccc(NC(=O)N2CCC([C@@H]3CCCO3)CC2)cc1. The van der Waals surface area contributed by atoms with E-state index in [0.717, 1.165) is 45.4 Å². The molecule has 24 heavy (non-hydrogen) atoms. The number of urea groups is 1. The highest BCUT2D eigenvalue weighted by atomic mass is 16.5. The molecular weight excluding hydrogens is 306 g/mol. The quantitative estimate of drug-likeness (QED) is 0.894. The van der Waals surface area contributed by atoms with Crippen molar-refractivity contribution in [2.24, 2.45) is 5.92 Å². The number of carbonyl (C=O) groups excluding carboxylic acids is 2. The molecule has 0 bridgehead atoms. The van der Waals surface area contributed by atoms with Crippen LogP contribution < -0.4 is 10.6 Å². The van der Waals surface area contributed by atoms with E-state index in [-0.39, 0.29) is 11.9 Å². The molecule has 0 aliphatic carbocycles. The molecule has 0 spiro atoms. The predicted molar refractivity (Wildman–Crippen MR) is 92.1 cm³/mol. The Morgan fingerprint density at radius 2 is 1.83 bits per heavy atom. The Labute approximate surface area is 142 Å². The maximum Gasteiger partial charge on any atom is 0.321 e. The summed E-state index contributed by atoms with van der Waals surface area (Å²) in [6.07, 6.45) is 4.74. The van der Waals surface area contributed by atoms with Crippen LogP contribution in [0.1, 0.15) is 36.0 Å². The van der Waals surface area contributed by atoms with Gasteiger partial charge in [-0.25, -0.2) is 4.79 Å². The molecule has 1 aromatic rings. The maximum absolute atomic E-state index is 12.4. The Balaban J connectivity index is 1.49. The second-order valence-electron chi connectivity index (χ2n) is 6.46. The fourth-order valence-corrected chi connectivity index (χ4v) is 3.50. The van der Waals surface area contributed by atoms with Crippen LogP contribution >= 0.6 is 0 Å². The average Bonchev–Trinajstić information content (AvgIpc) is 3.16. The second kappa shape index (κ2) is 7.66. The molecule has 6 nitrogen and oxygen atoms in total. The molecule has 0 unspecified atom stereocenters. The first-order chi connectivity index (χ1) is 11.7. The van der Waals surface area contributed by atoms with Gasteiger partial charge in [-0.15, -0.1) is 0 Å². The molecule has 2 N–H and O–H groups in total. The van der Waals surface area contributed by atoms with Gasteiger partial charge in [0.1, 0.15) is 0 Å². The molecule has 2 heterocycles. The fourth-order valence-electron chi connectivity index (χ4n) is 3.50. The summed E-state index contributed by atoms with van der Waals surface area (Å²) in [7, 11) is 1.60. The summed E-state index contributed by atoms with van der Waals surface area (Å²) in [5, 5.41) is 5.48. The predicted octanol–water partition coefficient (Wildman–Crippen LogP) is 2.47. The lowest BCUT2D eigenvalue weighted by molar-refractivity contribution is 0.0382. The van der Waals surface area contributed by atoms with Gasteiger partial charge < -0.3 is 20.3 Å². The lowest BCUT2D eigenvalue weighted by Crippen LogP contribution is -2.43. The first kappa shape index (κ1) is 16.8. The van der Waals surface area contributed by atoms with E-state index in [9.17, 15) is 9.59 Å². The van der Waals surface area contributed by atoms with Crippen molar-refractivity contribution >= 4 is 17.6 Å². The molecule has 0 aromatic heterocycles. The minimum Gasteiger partial charge on any atom is -0.378 e. The van der Waals surface area contributed by atoms with Gasteiger partial charge in [0, 0.05) is 38.0 Å². The molecule has 2 aliphatic rings. The van der Waals surface area contributed by atoms with E-state index in [1.165, 1.54) is 0 Å². The summed E-state index contributed by atoms with van der Waals surface area (Å²) in [5.74, 6) is 0.451. The summed E-state index contributed by atoms with van der Waals surface area (Å²) in [4.78, 5) is 25.8. The fraction of sp³-hybridized carbons (Fsp3) is 0.556. The van der Waals surface area contributed by atoms with Gasteiger partial charge in [-0.1, -0.05) is 0 Å². The number of benzene rings is 1. The van der Waals surface area contributed by atoms with Crippen LogP contribution in [0.5, 0.6) is 0 Å². The van der Waals surface area contributed by atoms with E-state index < -0.39 is 0 Å². The number of carbonyl (C=O) groups is 2. The molecule has 6 heteroatoms. The van der Waals surface area contributed by atoms with Crippen molar-refractivity contribution in [3.05, 3.63) is 29.8 Å². The molecule has 130 valence electrons. The monoisotopic (exact) mass is 331 g/mol. The highest BCUT2D eigenvalue weighted by Gasteiger charge is 2.30. The summed E-state index contributed by atoms with van der Waals surface area (Å²) < 4.78 is 5.77. The van der Waals surface area contributed by atoms with Crippen molar-refractivity contribution in [1.82, 2.24) is 10.2 Å². The number of anilines is 1. The van der Waals surface area contributed by atoms with E-state index in [1.54, 1.807) is 31.3 Å². The number of rotatable bonds is 3. The van der Waals surface area contributed by atoms with Crippen LogP contribution in [0.2, 0.25) is 0 Å². The molecule has 2 fully saturated rings. The van der Waals surface area contributed by atoms with Crippen LogP contribution in [0.25, 0.3) is 0 Å². The molecule has 1 atom stereocenters. The third-order valence-corrected chi connectivity index (χ3v) is 4.94. The number of hydrogen-bond acceptors (Lipinski definition) is 3. The van der Waals surface area contributed by atoms with Crippen LogP contribution in [0.3, 0.4) is 0 Å². The van der Waals surface area contributed by atoms with Crippen LogP contribution in [0, 0.1) is 5.92 Å². The van der Waals surface area contributed by atoms with Gasteiger partial charge in [0.15, 0.2) is 0 Å². The number of nitrogens with zero attached hydrogens (tertiary/aromatic N) is 1. The van der Waals surface area contributed by atoms with Crippen molar-refractivity contribution in [3.63, 3.8) is 0 Å². The molecule has 1 aromatic carbocycles. The van der Waals surface area contributed by atoms with E-state index in [2.05, 4.69) is 10.6 Å². The minimum atomic E-state index is -0.135. The summed E-state index contributed by atoms with van der Waals surface area (Å²) in [6, 6.07) is 6.84. The average molecular weight is 331 g/mol. The molecule has 3 rings (SSSR count). The Morgan fingerprint density at radius 1 is 1.12 bits per heavy atom. The Bertz CT molecular complexity index is 574. The van der Waals surface area contributed by atoms with Gasteiger partial charge >= 0.3 is 6.03 Å². The lowest BCUT2D eigenvalue weighted by Gasteiger charge is -2.34. The van der Waals surface area contributed by atoms with Gasteiger partial charge in [0.2, 0.25) is 0 Å². The molecular formula is C18H25N3O3. The molecule has 0 saturated carbocycles. The van der Waals surface area contributed by atoms with Gasteiger partial charge in [-0.2, -0.15) is 0 Å². The number of ether oxygens (including phenoxy) is 1. The zero-order chi connectivity index (χ0) is 16.9. The van der Waals surface area contributed by atoms with Crippen molar-refractivity contribution in [2.75, 3.05) is 32.1 Å². The largest absolute Gasteiger partial charge is 0.378 e. The summed E-state index contributed by atoms with van der Waals surface area (Å²) in [5.41, 5.74) is 1.28. The molecule has 2 aliphatic heterocycles. The summed E-state index contributed by atoms with van der Waals surface area (Å²) in [6.45, 7) is 2.43. The van der Waals surface area contributed by atoms with Crippen molar-refractivity contribution in [1.29, 1.82) is 0 Å². The number of amides is 3. The van der Waals surface area contributed by atoms with Gasteiger partial charge in [0.05, 0.1) is 6.10 Å². The van der Waals surface area contributed by atoms with E-state index in [1.807, 2.05) is 4.90 Å². The summed E-state index contributed by atoms with van der Waals surface area (Å²) >= 11 is 0. The first-order valence-electron chi connectivity index (χ1n) is 8.67. The number of likely N-dealkylation sites (tertiary alicyclic amines) is 1.